The highest BCUT2D eigenvalue weighted by molar-refractivity contribution is 6.32. The predicted molar refractivity (Wildman–Crippen MR) is 147 cm³/mol. The number of halogens is 1. The molecule has 0 spiro atoms. The number of carbonyl (C=O) groups excluding carboxylic acids is 2. The van der Waals surface area contributed by atoms with Gasteiger partial charge in [0.25, 0.3) is 5.91 Å². The summed E-state index contributed by atoms with van der Waals surface area (Å²) in [7, 11) is 1.84. The molecule has 2 amide bonds. The van der Waals surface area contributed by atoms with Gasteiger partial charge in [-0.2, -0.15) is 5.10 Å². The molecule has 1 aliphatic heterocycles. The fourth-order valence-corrected chi connectivity index (χ4v) is 5.52. The Labute approximate surface area is 222 Å². The van der Waals surface area contributed by atoms with Crippen LogP contribution in [0.5, 0.6) is 0 Å². The lowest BCUT2D eigenvalue weighted by atomic mass is 9.86. The van der Waals surface area contributed by atoms with E-state index >= 15 is 0 Å². The number of nitrogens with zero attached hydrogens (tertiary/aromatic N) is 4. The predicted octanol–water partition coefficient (Wildman–Crippen LogP) is 4.32. The number of fused-ring (bicyclic) bond motifs is 1. The van der Waals surface area contributed by atoms with Gasteiger partial charge in [-0.25, -0.2) is 4.98 Å². The number of likely N-dealkylation sites (tertiary alicyclic amines) is 1. The zero-order chi connectivity index (χ0) is 27.1. The molecule has 0 saturated carbocycles. The van der Waals surface area contributed by atoms with E-state index in [2.05, 4.69) is 66.2 Å². The second-order valence-electron chi connectivity index (χ2n) is 10.8. The largest absolute Gasteiger partial charge is 0.361 e. The number of aryl methyl sites for hydroxylation is 1. The van der Waals surface area contributed by atoms with Crippen LogP contribution in [0.15, 0.2) is 24.8 Å². The molecule has 2 aromatic heterocycles. The third kappa shape index (κ3) is 5.23. The van der Waals surface area contributed by atoms with Gasteiger partial charge in [-0.05, 0) is 48.4 Å². The van der Waals surface area contributed by atoms with E-state index in [0.717, 1.165) is 22.9 Å². The van der Waals surface area contributed by atoms with E-state index in [0.29, 0.717) is 47.7 Å². The molecule has 0 aliphatic carbocycles. The number of imidazole rings is 1. The first-order chi connectivity index (χ1) is 17.4. The second kappa shape index (κ2) is 10.2. The van der Waals surface area contributed by atoms with Crippen LogP contribution in [0.4, 0.5) is 5.82 Å². The Morgan fingerprint density at radius 2 is 2.03 bits per heavy atom. The molecule has 0 radical (unpaired) electrons. The van der Waals surface area contributed by atoms with Crippen molar-refractivity contribution < 1.29 is 9.59 Å². The van der Waals surface area contributed by atoms with Gasteiger partial charge in [-0.15, -0.1) is 0 Å². The van der Waals surface area contributed by atoms with Crippen LogP contribution in [0.1, 0.15) is 61.7 Å². The molecule has 0 unspecified atom stereocenters. The van der Waals surface area contributed by atoms with Crippen LogP contribution in [0.25, 0.3) is 10.9 Å². The minimum Gasteiger partial charge on any atom is -0.361 e. The smallest absolute Gasteiger partial charge is 0.270 e. The minimum atomic E-state index is -0.190. The highest BCUT2D eigenvalue weighted by Crippen LogP contribution is 2.34. The molecule has 4 rings (SSSR count). The maximum Gasteiger partial charge on any atom is 0.270 e. The van der Waals surface area contributed by atoms with E-state index in [1.165, 1.54) is 6.08 Å². The minimum absolute atomic E-state index is 0.106. The summed E-state index contributed by atoms with van der Waals surface area (Å²) in [5, 5.41) is 15.6. The van der Waals surface area contributed by atoms with Crippen molar-refractivity contribution in [2.45, 2.75) is 59.0 Å². The molecule has 3 N–H and O–H groups in total. The van der Waals surface area contributed by atoms with Crippen molar-refractivity contribution in [3.05, 3.63) is 52.6 Å². The van der Waals surface area contributed by atoms with Gasteiger partial charge >= 0.3 is 0 Å². The topological polar surface area (TPSA) is 108 Å². The number of aromatic nitrogens is 4. The van der Waals surface area contributed by atoms with E-state index in [9.17, 15) is 9.59 Å². The number of benzene rings is 1. The molecule has 3 heterocycles. The van der Waals surface area contributed by atoms with Crippen LogP contribution in [-0.4, -0.2) is 55.6 Å². The average Bonchev–Trinajstić information content (AvgIpc) is 3.50. The normalized spacial score (nSPS) is 17.9. The number of rotatable bonds is 7. The van der Waals surface area contributed by atoms with E-state index in [4.69, 9.17) is 11.6 Å². The average molecular weight is 526 g/mol. The Bertz CT molecular complexity index is 1350. The first kappa shape index (κ1) is 26.7. The number of carbonyl (C=O) groups is 2. The number of aromatic amines is 1. The first-order valence-corrected chi connectivity index (χ1v) is 13.0. The maximum absolute atomic E-state index is 13.3. The first-order valence-electron chi connectivity index (χ1n) is 12.6. The molecular formula is C27H36ClN7O2. The van der Waals surface area contributed by atoms with Gasteiger partial charge in [-0.1, -0.05) is 45.9 Å². The Morgan fingerprint density at radius 3 is 2.68 bits per heavy atom. The third-order valence-corrected chi connectivity index (χ3v) is 7.53. The van der Waals surface area contributed by atoms with Gasteiger partial charge in [0.15, 0.2) is 5.82 Å². The summed E-state index contributed by atoms with van der Waals surface area (Å²) >= 11 is 6.51. The second-order valence-corrected chi connectivity index (χ2v) is 11.2. The number of anilines is 1. The van der Waals surface area contributed by atoms with Gasteiger partial charge in [0.2, 0.25) is 5.91 Å². The van der Waals surface area contributed by atoms with Crippen LogP contribution >= 0.6 is 11.6 Å². The summed E-state index contributed by atoms with van der Waals surface area (Å²) in [6.45, 7) is 15.3. The third-order valence-electron chi connectivity index (χ3n) is 7.22. The Balaban J connectivity index is 1.50. The number of nitrogens with one attached hydrogen (secondary N) is 3. The van der Waals surface area contributed by atoms with Crippen LogP contribution < -0.4 is 10.6 Å². The van der Waals surface area contributed by atoms with Gasteiger partial charge < -0.3 is 20.1 Å². The molecule has 2 atom stereocenters. The van der Waals surface area contributed by atoms with Gasteiger partial charge in [0.1, 0.15) is 11.5 Å². The van der Waals surface area contributed by atoms with Gasteiger partial charge in [-0.3, -0.25) is 14.7 Å². The molecule has 3 aromatic rings. The number of H-pyrrole nitrogens is 1. The molecule has 1 saturated heterocycles. The highest BCUT2D eigenvalue weighted by Gasteiger charge is 2.35. The number of amides is 2. The Kier molecular flexibility index (Phi) is 7.37. The van der Waals surface area contributed by atoms with Crippen molar-refractivity contribution >= 4 is 40.1 Å². The van der Waals surface area contributed by atoms with Crippen molar-refractivity contribution in [2.24, 2.45) is 13.0 Å². The monoisotopic (exact) mass is 525 g/mol. The maximum atomic E-state index is 13.3. The van der Waals surface area contributed by atoms with E-state index in [1.807, 2.05) is 24.6 Å². The lowest BCUT2D eigenvalue weighted by molar-refractivity contribution is -0.125. The number of hydrogen-bond acceptors (Lipinski definition) is 5. The zero-order valence-electron chi connectivity index (χ0n) is 22.4. The molecule has 10 heteroatoms. The van der Waals surface area contributed by atoms with E-state index < -0.39 is 0 Å². The van der Waals surface area contributed by atoms with Crippen LogP contribution in [0, 0.1) is 12.8 Å². The Morgan fingerprint density at radius 1 is 1.30 bits per heavy atom. The highest BCUT2D eigenvalue weighted by atomic mass is 35.5. The summed E-state index contributed by atoms with van der Waals surface area (Å²) in [5.41, 5.74) is 2.95. The van der Waals surface area contributed by atoms with Crippen molar-refractivity contribution in [1.29, 1.82) is 0 Å². The molecule has 37 heavy (non-hydrogen) atoms. The summed E-state index contributed by atoms with van der Waals surface area (Å²) in [6, 6.07) is 3.86. The lowest BCUT2D eigenvalue weighted by Gasteiger charge is -2.20. The van der Waals surface area contributed by atoms with Crippen molar-refractivity contribution in [2.75, 3.05) is 18.4 Å². The van der Waals surface area contributed by atoms with E-state index in [1.54, 1.807) is 4.90 Å². The van der Waals surface area contributed by atoms with Crippen molar-refractivity contribution in [3.8, 4) is 0 Å². The standard InChI is InChI=1S/C27H36ClN7O2/c1-8-16-13-35(23(36)9-2)14-21(16)31-26(37)24-15(3)30-22(34(24)7)12-29-25-17-10-18(27(4,5)6)19(28)11-20(17)32-33-25/h9-11,16,21H,2,8,12-14H2,1,3-7H3,(H,31,37)(H2,29,32,33)/t16-,21+/m1/s1. The molecule has 0 bridgehead atoms. The molecule has 1 aliphatic rings. The fourth-order valence-electron chi connectivity index (χ4n) is 5.07. The van der Waals surface area contributed by atoms with Gasteiger partial charge in [0, 0.05) is 30.5 Å². The molecule has 198 valence electrons. The summed E-state index contributed by atoms with van der Waals surface area (Å²) < 4.78 is 1.81. The summed E-state index contributed by atoms with van der Waals surface area (Å²) in [4.78, 5) is 31.8. The van der Waals surface area contributed by atoms with Crippen LogP contribution in [0.2, 0.25) is 5.02 Å². The Hall–Kier alpha value is -3.33. The lowest BCUT2D eigenvalue weighted by Crippen LogP contribution is -2.41. The molecule has 9 nitrogen and oxygen atoms in total. The SMILES string of the molecule is C=CC(=O)N1C[C@@H](CC)[C@@H](NC(=O)c2c(C)nc(CNc3n[nH]c4cc(Cl)c(C(C)(C)C)cc34)n2C)C1. The number of hydrogen-bond donors (Lipinski definition) is 3. The quantitative estimate of drug-likeness (QED) is 0.398. The fraction of sp³-hybridized carbons (Fsp3) is 0.481. The molecular weight excluding hydrogens is 490 g/mol. The zero-order valence-corrected chi connectivity index (χ0v) is 23.2. The van der Waals surface area contributed by atoms with E-state index in [-0.39, 0.29) is 29.2 Å². The van der Waals surface area contributed by atoms with Gasteiger partial charge in [0.05, 0.1) is 23.8 Å². The van der Waals surface area contributed by atoms with Crippen molar-refractivity contribution in [3.63, 3.8) is 0 Å². The molecule has 1 fully saturated rings. The van der Waals surface area contributed by atoms with Crippen LogP contribution in [-0.2, 0) is 23.8 Å². The summed E-state index contributed by atoms with van der Waals surface area (Å²) in [5.74, 6) is 1.31. The molecule has 1 aromatic carbocycles. The van der Waals surface area contributed by atoms with Crippen molar-refractivity contribution in [1.82, 2.24) is 30.0 Å². The van der Waals surface area contributed by atoms with Crippen LogP contribution in [0.3, 0.4) is 0 Å². The summed E-state index contributed by atoms with van der Waals surface area (Å²) in [6.07, 6.45) is 2.19.